The van der Waals surface area contributed by atoms with Gasteiger partial charge in [-0.1, -0.05) is 31.2 Å². The van der Waals surface area contributed by atoms with Crippen LogP contribution in [0.3, 0.4) is 0 Å². The summed E-state index contributed by atoms with van der Waals surface area (Å²) in [6.45, 7) is 6.40. The molecular formula is C24H33N3O5S. The van der Waals surface area contributed by atoms with Crippen molar-refractivity contribution >= 4 is 21.6 Å². The molecule has 0 radical (unpaired) electrons. The molecule has 3 rings (SSSR count). The molecule has 1 heterocycles. The molecule has 2 aromatic rings. The molecule has 1 saturated heterocycles. The van der Waals surface area contributed by atoms with Gasteiger partial charge in [-0.25, -0.2) is 8.42 Å². The minimum Gasteiger partial charge on any atom is -0.497 e. The fourth-order valence-electron chi connectivity index (χ4n) is 3.88. The highest BCUT2D eigenvalue weighted by Gasteiger charge is 2.31. The standard InChI is InChI=1S/C24H33N3O5S/c1-4-23(27(33(3,29)30)21-9-11-22(31-2)12-10-21)24(28)25-17-19-5-7-20(8-6-19)18-26-13-15-32-16-14-26/h5-12,23H,4,13-18H2,1-3H3,(H,25,28)/t23-/m0/s1. The van der Waals surface area contributed by atoms with Crippen molar-refractivity contribution in [1.29, 1.82) is 0 Å². The molecule has 2 aromatic carbocycles. The summed E-state index contributed by atoms with van der Waals surface area (Å²) in [4.78, 5) is 15.4. The van der Waals surface area contributed by atoms with Gasteiger partial charge in [0.1, 0.15) is 11.8 Å². The van der Waals surface area contributed by atoms with E-state index in [0.29, 0.717) is 24.4 Å². The summed E-state index contributed by atoms with van der Waals surface area (Å²) >= 11 is 0. The number of nitrogens with one attached hydrogen (secondary N) is 1. The minimum atomic E-state index is -3.68. The van der Waals surface area contributed by atoms with Crippen LogP contribution in [-0.2, 0) is 32.6 Å². The molecule has 0 aliphatic carbocycles. The zero-order valence-electron chi connectivity index (χ0n) is 19.5. The Labute approximate surface area is 196 Å². The van der Waals surface area contributed by atoms with E-state index in [-0.39, 0.29) is 5.91 Å². The molecule has 1 aliphatic rings. The van der Waals surface area contributed by atoms with Crippen molar-refractivity contribution in [3.8, 4) is 5.75 Å². The second kappa shape index (κ2) is 11.5. The molecule has 1 aliphatic heterocycles. The van der Waals surface area contributed by atoms with Gasteiger partial charge in [-0.05, 0) is 41.8 Å². The third-order valence-electron chi connectivity index (χ3n) is 5.66. The van der Waals surface area contributed by atoms with Crippen LogP contribution in [0.5, 0.6) is 5.75 Å². The number of carbonyl (C=O) groups excluding carboxylic acids is 1. The second-order valence-electron chi connectivity index (χ2n) is 8.10. The topological polar surface area (TPSA) is 88.2 Å². The van der Waals surface area contributed by atoms with Gasteiger partial charge in [-0.2, -0.15) is 0 Å². The van der Waals surface area contributed by atoms with Crippen molar-refractivity contribution in [2.75, 3.05) is 44.0 Å². The van der Waals surface area contributed by atoms with Gasteiger partial charge in [0.2, 0.25) is 15.9 Å². The summed E-state index contributed by atoms with van der Waals surface area (Å²) in [5, 5.41) is 2.90. The van der Waals surface area contributed by atoms with Crippen molar-refractivity contribution in [1.82, 2.24) is 10.2 Å². The quantitative estimate of drug-likeness (QED) is 0.568. The Kier molecular flexibility index (Phi) is 8.71. The summed E-state index contributed by atoms with van der Waals surface area (Å²) in [6, 6.07) is 13.9. The first-order chi connectivity index (χ1) is 15.8. The predicted octanol–water partition coefficient (Wildman–Crippen LogP) is 2.39. The normalized spacial score (nSPS) is 15.6. The number of hydrogen-bond acceptors (Lipinski definition) is 6. The van der Waals surface area contributed by atoms with Crippen LogP contribution in [0.25, 0.3) is 0 Å². The molecule has 1 fully saturated rings. The fourth-order valence-corrected chi connectivity index (χ4v) is 5.09. The highest BCUT2D eigenvalue weighted by atomic mass is 32.2. The van der Waals surface area contributed by atoms with Crippen LogP contribution in [0.1, 0.15) is 24.5 Å². The third kappa shape index (κ3) is 6.93. The number of carbonyl (C=O) groups is 1. The maximum Gasteiger partial charge on any atom is 0.244 e. The number of ether oxygens (including phenoxy) is 2. The van der Waals surface area contributed by atoms with Gasteiger partial charge in [-0.3, -0.25) is 14.0 Å². The lowest BCUT2D eigenvalue weighted by atomic mass is 10.1. The molecule has 1 atom stereocenters. The molecule has 180 valence electrons. The Morgan fingerprint density at radius 3 is 2.24 bits per heavy atom. The molecule has 0 unspecified atom stereocenters. The van der Waals surface area contributed by atoms with E-state index in [1.165, 1.54) is 9.87 Å². The van der Waals surface area contributed by atoms with Crippen LogP contribution in [0.2, 0.25) is 0 Å². The number of hydrogen-bond donors (Lipinski definition) is 1. The zero-order valence-corrected chi connectivity index (χ0v) is 20.3. The van der Waals surface area contributed by atoms with Crippen LogP contribution in [0.15, 0.2) is 48.5 Å². The summed E-state index contributed by atoms with van der Waals surface area (Å²) in [5.41, 5.74) is 2.59. The first kappa shape index (κ1) is 25.0. The average molecular weight is 476 g/mol. The number of methoxy groups -OCH3 is 1. The second-order valence-corrected chi connectivity index (χ2v) is 9.96. The molecule has 1 N–H and O–H groups in total. The third-order valence-corrected chi connectivity index (χ3v) is 6.84. The molecule has 0 saturated carbocycles. The van der Waals surface area contributed by atoms with Gasteiger partial charge in [0, 0.05) is 26.2 Å². The Balaban J connectivity index is 1.64. The summed E-state index contributed by atoms with van der Waals surface area (Å²) in [5.74, 6) is 0.276. The van der Waals surface area contributed by atoms with E-state index in [1.807, 2.05) is 12.1 Å². The lowest BCUT2D eigenvalue weighted by Gasteiger charge is -2.30. The number of morpholine rings is 1. The number of benzene rings is 2. The highest BCUT2D eigenvalue weighted by molar-refractivity contribution is 7.92. The van der Waals surface area contributed by atoms with E-state index in [9.17, 15) is 13.2 Å². The van der Waals surface area contributed by atoms with Crippen molar-refractivity contribution in [3.63, 3.8) is 0 Å². The molecule has 8 nitrogen and oxygen atoms in total. The first-order valence-electron chi connectivity index (χ1n) is 11.1. The molecule has 9 heteroatoms. The van der Waals surface area contributed by atoms with E-state index in [4.69, 9.17) is 9.47 Å². The van der Waals surface area contributed by atoms with Crippen LogP contribution < -0.4 is 14.4 Å². The van der Waals surface area contributed by atoms with Crippen LogP contribution in [0.4, 0.5) is 5.69 Å². The summed E-state index contributed by atoms with van der Waals surface area (Å²) < 4.78 is 36.9. The maximum atomic E-state index is 13.0. The van der Waals surface area contributed by atoms with Gasteiger partial charge >= 0.3 is 0 Å². The number of amides is 1. The molecule has 33 heavy (non-hydrogen) atoms. The molecule has 0 spiro atoms. The number of sulfonamides is 1. The van der Waals surface area contributed by atoms with Gasteiger partial charge < -0.3 is 14.8 Å². The van der Waals surface area contributed by atoms with Crippen LogP contribution in [-0.4, -0.2) is 64.9 Å². The number of anilines is 1. The van der Waals surface area contributed by atoms with E-state index >= 15 is 0 Å². The van der Waals surface area contributed by atoms with Crippen LogP contribution >= 0.6 is 0 Å². The molecular weight excluding hydrogens is 442 g/mol. The average Bonchev–Trinajstić information content (AvgIpc) is 2.82. The lowest BCUT2D eigenvalue weighted by Crippen LogP contribution is -2.49. The van der Waals surface area contributed by atoms with Gasteiger partial charge in [0.15, 0.2) is 0 Å². The first-order valence-corrected chi connectivity index (χ1v) is 13.0. The summed E-state index contributed by atoms with van der Waals surface area (Å²) in [6.07, 6.45) is 1.45. The fraction of sp³-hybridized carbons (Fsp3) is 0.458. The molecule has 0 aromatic heterocycles. The Bertz CT molecular complexity index is 1000. The van der Waals surface area contributed by atoms with E-state index in [2.05, 4.69) is 22.3 Å². The van der Waals surface area contributed by atoms with Crippen LogP contribution in [0, 0.1) is 0 Å². The predicted molar refractivity (Wildman–Crippen MR) is 129 cm³/mol. The molecule has 0 bridgehead atoms. The lowest BCUT2D eigenvalue weighted by molar-refractivity contribution is -0.122. The van der Waals surface area contributed by atoms with Crippen molar-refractivity contribution in [2.45, 2.75) is 32.5 Å². The number of rotatable bonds is 10. The SMILES string of the molecule is CC[C@@H](C(=O)NCc1ccc(CN2CCOCC2)cc1)N(c1ccc(OC)cc1)S(C)(=O)=O. The molecule has 1 amide bonds. The van der Waals surface area contributed by atoms with Gasteiger partial charge in [0.05, 0.1) is 32.3 Å². The van der Waals surface area contributed by atoms with E-state index in [1.54, 1.807) is 38.3 Å². The minimum absolute atomic E-state index is 0.327. The van der Waals surface area contributed by atoms with E-state index < -0.39 is 16.1 Å². The van der Waals surface area contributed by atoms with Gasteiger partial charge in [0.25, 0.3) is 0 Å². The Hall–Kier alpha value is -2.62. The van der Waals surface area contributed by atoms with Crippen molar-refractivity contribution in [2.24, 2.45) is 0 Å². The Morgan fingerprint density at radius 2 is 1.70 bits per heavy atom. The van der Waals surface area contributed by atoms with E-state index in [0.717, 1.165) is 44.7 Å². The number of nitrogens with zero attached hydrogens (tertiary/aromatic N) is 2. The van der Waals surface area contributed by atoms with Crippen molar-refractivity contribution in [3.05, 3.63) is 59.7 Å². The maximum absolute atomic E-state index is 13.0. The zero-order chi connectivity index (χ0) is 23.8. The Morgan fingerprint density at radius 1 is 1.09 bits per heavy atom. The van der Waals surface area contributed by atoms with Gasteiger partial charge in [-0.15, -0.1) is 0 Å². The monoisotopic (exact) mass is 475 g/mol. The largest absolute Gasteiger partial charge is 0.497 e. The smallest absolute Gasteiger partial charge is 0.244 e. The highest BCUT2D eigenvalue weighted by Crippen LogP contribution is 2.25. The van der Waals surface area contributed by atoms with Crippen molar-refractivity contribution < 1.29 is 22.7 Å². The summed E-state index contributed by atoms with van der Waals surface area (Å²) in [7, 11) is -2.14.